The van der Waals surface area contributed by atoms with Gasteiger partial charge >= 0.3 is 0 Å². The molecule has 1 saturated heterocycles. The van der Waals surface area contributed by atoms with Crippen LogP contribution in [0.5, 0.6) is 0 Å². The van der Waals surface area contributed by atoms with Gasteiger partial charge in [-0.3, -0.25) is 0 Å². The maximum absolute atomic E-state index is 14.6. The molecule has 37 heavy (non-hydrogen) atoms. The summed E-state index contributed by atoms with van der Waals surface area (Å²) in [6.45, 7) is 1.48. The van der Waals surface area contributed by atoms with Gasteiger partial charge in [-0.05, 0) is 66.4 Å². The van der Waals surface area contributed by atoms with Crippen LogP contribution in [0.15, 0.2) is 67.3 Å². The first-order valence-electron chi connectivity index (χ1n) is 12.0. The number of ether oxygens (including phenoxy) is 1. The van der Waals surface area contributed by atoms with Gasteiger partial charge in [0, 0.05) is 54.1 Å². The van der Waals surface area contributed by atoms with Crippen LogP contribution in [-0.2, 0) is 4.74 Å². The second-order valence-electron chi connectivity index (χ2n) is 8.93. The van der Waals surface area contributed by atoms with Gasteiger partial charge in [0.25, 0.3) is 0 Å². The highest BCUT2D eigenvalue weighted by atomic mass is 32.2. The summed E-state index contributed by atoms with van der Waals surface area (Å²) in [7, 11) is 0. The van der Waals surface area contributed by atoms with Gasteiger partial charge in [0.2, 0.25) is 0 Å². The fourth-order valence-electron chi connectivity index (χ4n) is 4.71. The molecule has 2 aromatic carbocycles. The van der Waals surface area contributed by atoms with Gasteiger partial charge < -0.3 is 9.46 Å². The fraction of sp³-hybridized carbons (Fsp3) is 0.222. The Kier molecular flexibility index (Phi) is 6.35. The summed E-state index contributed by atoms with van der Waals surface area (Å²) in [5, 5.41) is 9.28. The number of halogens is 2. The Morgan fingerprint density at radius 3 is 2.57 bits per heavy atom. The molecule has 188 valence electrons. The van der Waals surface area contributed by atoms with Crippen LogP contribution in [0.1, 0.15) is 18.9 Å². The molecule has 0 saturated carbocycles. The summed E-state index contributed by atoms with van der Waals surface area (Å²) in [5.74, 6) is -0.569. The van der Waals surface area contributed by atoms with Crippen molar-refractivity contribution in [1.29, 1.82) is 0 Å². The zero-order valence-corrected chi connectivity index (χ0v) is 20.9. The maximum Gasteiger partial charge on any atom is 0.182 e. The molecule has 1 aliphatic heterocycles. The van der Waals surface area contributed by atoms with Gasteiger partial charge in [0.15, 0.2) is 5.82 Å². The predicted molar refractivity (Wildman–Crippen MR) is 141 cm³/mol. The van der Waals surface area contributed by atoms with Crippen LogP contribution in [0.4, 0.5) is 14.5 Å². The van der Waals surface area contributed by atoms with Crippen molar-refractivity contribution in [3.05, 3.63) is 78.9 Å². The van der Waals surface area contributed by atoms with Gasteiger partial charge in [0.1, 0.15) is 18.0 Å². The van der Waals surface area contributed by atoms with Gasteiger partial charge in [0.05, 0.1) is 17.8 Å². The average molecular weight is 519 g/mol. The quantitative estimate of drug-likeness (QED) is 0.268. The summed E-state index contributed by atoms with van der Waals surface area (Å²) < 4.78 is 40.5. The summed E-state index contributed by atoms with van der Waals surface area (Å²) in [5.41, 5.74) is 5.28. The van der Waals surface area contributed by atoms with E-state index in [2.05, 4.69) is 14.8 Å². The molecule has 0 radical (unpaired) electrons. The molecule has 4 heterocycles. The van der Waals surface area contributed by atoms with E-state index in [1.807, 2.05) is 47.5 Å². The molecule has 0 bridgehead atoms. The smallest absolute Gasteiger partial charge is 0.182 e. The van der Waals surface area contributed by atoms with Crippen LogP contribution in [0.3, 0.4) is 0 Å². The van der Waals surface area contributed by atoms with E-state index in [1.165, 1.54) is 24.1 Å². The second-order valence-corrected chi connectivity index (χ2v) is 9.54. The molecule has 0 aliphatic carbocycles. The van der Waals surface area contributed by atoms with E-state index in [9.17, 15) is 8.78 Å². The molecule has 1 fully saturated rings. The number of rotatable bonds is 6. The standard InChI is InChI=1S/C27H24F2N6OS/c1-37-33-21-11-18(23-4-3-20(28)13-25(23)29)10-19(12-21)24-14-31-34-15-17(2-5-26(24)34)27-30-16-35(32-27)22-6-8-36-9-7-22/h2-5,10-16,22,33H,6-9H2,1H3. The lowest BCUT2D eigenvalue weighted by molar-refractivity contribution is 0.0662. The Bertz CT molecular complexity index is 1580. The van der Waals surface area contributed by atoms with Crippen LogP contribution in [0.25, 0.3) is 39.2 Å². The molecule has 0 unspecified atom stereocenters. The second kappa shape index (κ2) is 9.95. The van der Waals surface area contributed by atoms with E-state index in [-0.39, 0.29) is 0 Å². The minimum absolute atomic E-state index is 0.303. The van der Waals surface area contributed by atoms with Crippen molar-refractivity contribution in [2.75, 3.05) is 24.2 Å². The first-order valence-corrected chi connectivity index (χ1v) is 13.2. The van der Waals surface area contributed by atoms with Crippen LogP contribution in [0.2, 0.25) is 0 Å². The molecule has 0 spiro atoms. The van der Waals surface area contributed by atoms with Crippen LogP contribution >= 0.6 is 11.9 Å². The van der Waals surface area contributed by atoms with Gasteiger partial charge in [-0.15, -0.1) is 0 Å². The topological polar surface area (TPSA) is 69.3 Å². The molecule has 1 N–H and O–H groups in total. The Balaban J connectivity index is 1.36. The Hall–Kier alpha value is -3.76. The zero-order valence-electron chi connectivity index (χ0n) is 20.1. The van der Waals surface area contributed by atoms with Gasteiger partial charge in [-0.2, -0.15) is 10.2 Å². The number of anilines is 1. The van der Waals surface area contributed by atoms with Gasteiger partial charge in [-0.25, -0.2) is 23.0 Å². The van der Waals surface area contributed by atoms with Crippen molar-refractivity contribution in [3.8, 4) is 33.6 Å². The number of benzene rings is 2. The number of hydrogen-bond acceptors (Lipinski definition) is 6. The van der Waals surface area contributed by atoms with Crippen molar-refractivity contribution in [2.45, 2.75) is 18.9 Å². The van der Waals surface area contributed by atoms with Crippen LogP contribution < -0.4 is 4.72 Å². The zero-order chi connectivity index (χ0) is 25.4. The Morgan fingerprint density at radius 2 is 1.78 bits per heavy atom. The first kappa shape index (κ1) is 23.6. The summed E-state index contributed by atoms with van der Waals surface area (Å²) in [6, 6.07) is 13.6. The van der Waals surface area contributed by atoms with E-state index < -0.39 is 11.6 Å². The van der Waals surface area contributed by atoms with Crippen molar-refractivity contribution < 1.29 is 13.5 Å². The third-order valence-electron chi connectivity index (χ3n) is 6.55. The van der Waals surface area contributed by atoms with E-state index in [0.717, 1.165) is 60.0 Å². The molecule has 0 atom stereocenters. The van der Waals surface area contributed by atoms with Crippen molar-refractivity contribution in [1.82, 2.24) is 24.4 Å². The van der Waals surface area contributed by atoms with Crippen molar-refractivity contribution in [2.24, 2.45) is 0 Å². The highest BCUT2D eigenvalue weighted by Gasteiger charge is 2.18. The van der Waals surface area contributed by atoms with Crippen molar-refractivity contribution >= 4 is 23.2 Å². The fourth-order valence-corrected chi connectivity index (χ4v) is 5.06. The van der Waals surface area contributed by atoms with E-state index in [0.29, 0.717) is 23.0 Å². The van der Waals surface area contributed by atoms with Crippen LogP contribution in [-0.4, -0.2) is 43.8 Å². The first-order chi connectivity index (χ1) is 18.1. The summed E-state index contributed by atoms with van der Waals surface area (Å²) in [6.07, 6.45) is 9.25. The average Bonchev–Trinajstić information content (AvgIpc) is 3.57. The normalized spacial score (nSPS) is 14.4. The summed E-state index contributed by atoms with van der Waals surface area (Å²) >= 11 is 1.44. The highest BCUT2D eigenvalue weighted by molar-refractivity contribution is 7.99. The monoisotopic (exact) mass is 518 g/mol. The highest BCUT2D eigenvalue weighted by Crippen LogP contribution is 2.35. The lowest BCUT2D eigenvalue weighted by Gasteiger charge is -2.21. The number of fused-ring (bicyclic) bond motifs is 1. The molecule has 5 aromatic rings. The Morgan fingerprint density at radius 1 is 0.973 bits per heavy atom. The lowest BCUT2D eigenvalue weighted by Crippen LogP contribution is -2.19. The molecule has 0 amide bonds. The van der Waals surface area contributed by atoms with Gasteiger partial charge in [-0.1, -0.05) is 11.9 Å². The SMILES string of the molecule is CSNc1cc(-c2ccc(F)cc2F)cc(-c2cnn3cc(-c4ncn(C5CCOCC5)n4)ccc23)c1. The molecule has 6 rings (SSSR count). The minimum atomic E-state index is -0.607. The van der Waals surface area contributed by atoms with E-state index in [1.54, 1.807) is 17.0 Å². The summed E-state index contributed by atoms with van der Waals surface area (Å²) in [4.78, 5) is 4.52. The minimum Gasteiger partial charge on any atom is -0.381 e. The number of hydrogen-bond donors (Lipinski definition) is 1. The molecular weight excluding hydrogens is 494 g/mol. The predicted octanol–water partition coefficient (Wildman–Crippen LogP) is 6.25. The molecular formula is C27H24F2N6OS. The number of nitrogens with zero attached hydrogens (tertiary/aromatic N) is 5. The number of nitrogens with one attached hydrogen (secondary N) is 1. The largest absolute Gasteiger partial charge is 0.381 e. The molecule has 1 aliphatic rings. The third-order valence-corrected chi connectivity index (χ3v) is 6.99. The van der Waals surface area contributed by atoms with Crippen molar-refractivity contribution in [3.63, 3.8) is 0 Å². The third kappa shape index (κ3) is 4.70. The molecule has 10 heteroatoms. The Labute approximate surface area is 216 Å². The number of pyridine rings is 1. The molecule has 3 aromatic heterocycles. The lowest BCUT2D eigenvalue weighted by atomic mass is 9.98. The molecule has 7 nitrogen and oxygen atoms in total. The maximum atomic E-state index is 14.6. The van der Waals surface area contributed by atoms with Crippen LogP contribution in [0, 0.1) is 11.6 Å². The van der Waals surface area contributed by atoms with E-state index in [4.69, 9.17) is 9.84 Å². The number of aromatic nitrogens is 5. The van der Waals surface area contributed by atoms with E-state index >= 15 is 0 Å².